The van der Waals surface area contributed by atoms with Crippen molar-refractivity contribution in [1.82, 2.24) is 0 Å². The molecule has 0 aliphatic heterocycles. The van der Waals surface area contributed by atoms with Gasteiger partial charge in [-0.2, -0.15) is 5.26 Å². The summed E-state index contributed by atoms with van der Waals surface area (Å²) in [5.74, 6) is -1.55. The number of nitriles is 1. The number of rotatable bonds is 12. The summed E-state index contributed by atoms with van der Waals surface area (Å²) in [6, 6.07) is 21.4. The number of nitrogen functional groups attached to an aromatic ring is 1. The summed E-state index contributed by atoms with van der Waals surface area (Å²) in [5.41, 5.74) is 11.0. The molecular formula is C37H37N5O6. The molecule has 0 fully saturated rings. The molecule has 11 heteroatoms. The minimum Gasteiger partial charge on any atom is -0.494 e. The van der Waals surface area contributed by atoms with Gasteiger partial charge in [-0.05, 0) is 98.6 Å². The molecule has 4 aromatic carbocycles. The first kappa shape index (κ1) is 34.7. The van der Waals surface area contributed by atoms with Crippen LogP contribution in [0.3, 0.4) is 0 Å². The standard InChI is InChI=1S/C37H37N5O6/c1-21-6-16-30(33(47-4)22(21)2)42-37(46)29-15-17-31(34(48-5)23(29)3)41-35(44)25-9-13-28(14-10-25)40-36(45)26(18-19-38)20-32(43)24-7-11-27(39)12-8-24/h6-17,26H,18,20,39H2,1-5H3,(H,40,45)(H,41,44)(H,42,46)/t26-/m1/s1. The molecular weight excluding hydrogens is 610 g/mol. The number of carbonyl (C=O) groups is 4. The Labute approximate surface area is 279 Å². The van der Waals surface area contributed by atoms with Crippen molar-refractivity contribution in [3.05, 3.63) is 106 Å². The Bertz CT molecular complexity index is 1900. The molecule has 11 nitrogen and oxygen atoms in total. The Balaban J connectivity index is 1.43. The van der Waals surface area contributed by atoms with E-state index in [1.807, 2.05) is 26.0 Å². The zero-order valence-electron chi connectivity index (χ0n) is 27.4. The van der Waals surface area contributed by atoms with E-state index in [1.165, 1.54) is 19.2 Å². The minimum atomic E-state index is -0.869. The number of nitrogens with two attached hydrogens (primary N) is 1. The zero-order chi connectivity index (χ0) is 35.0. The molecule has 0 saturated heterocycles. The first-order valence-corrected chi connectivity index (χ1v) is 15.1. The van der Waals surface area contributed by atoms with Crippen molar-refractivity contribution >= 4 is 46.3 Å². The number of Topliss-reactive ketones (excluding diaryl/α,β-unsaturated/α-hetero) is 1. The van der Waals surface area contributed by atoms with E-state index >= 15 is 0 Å². The smallest absolute Gasteiger partial charge is 0.256 e. The Kier molecular flexibility index (Phi) is 11.2. The molecule has 0 saturated carbocycles. The van der Waals surface area contributed by atoms with Crippen molar-refractivity contribution < 1.29 is 28.7 Å². The van der Waals surface area contributed by atoms with Crippen LogP contribution >= 0.6 is 0 Å². The molecule has 1 atom stereocenters. The summed E-state index contributed by atoms with van der Waals surface area (Å²) in [6.07, 6.45) is -0.292. The van der Waals surface area contributed by atoms with Crippen LogP contribution in [-0.4, -0.2) is 37.7 Å². The van der Waals surface area contributed by atoms with Crippen LogP contribution in [0, 0.1) is 38.0 Å². The van der Waals surface area contributed by atoms with Crippen LogP contribution in [-0.2, 0) is 4.79 Å². The van der Waals surface area contributed by atoms with Crippen LogP contribution in [0.1, 0.15) is 60.6 Å². The lowest BCUT2D eigenvalue weighted by Crippen LogP contribution is -2.25. The highest BCUT2D eigenvalue weighted by Crippen LogP contribution is 2.34. The molecule has 48 heavy (non-hydrogen) atoms. The number of anilines is 4. The van der Waals surface area contributed by atoms with Gasteiger partial charge in [0.2, 0.25) is 5.91 Å². The van der Waals surface area contributed by atoms with E-state index in [1.54, 1.807) is 68.6 Å². The predicted molar refractivity (Wildman–Crippen MR) is 185 cm³/mol. The fraction of sp³-hybridized carbons (Fsp3) is 0.216. The van der Waals surface area contributed by atoms with E-state index in [0.717, 1.165) is 11.1 Å². The van der Waals surface area contributed by atoms with Crippen LogP contribution in [0.5, 0.6) is 11.5 Å². The second-order valence-corrected chi connectivity index (χ2v) is 11.2. The molecule has 0 unspecified atom stereocenters. The third-order valence-corrected chi connectivity index (χ3v) is 8.02. The highest BCUT2D eigenvalue weighted by atomic mass is 16.5. The van der Waals surface area contributed by atoms with Gasteiger partial charge in [-0.3, -0.25) is 19.2 Å². The van der Waals surface area contributed by atoms with Crippen molar-refractivity contribution in [3.8, 4) is 17.6 Å². The number of aryl methyl sites for hydroxylation is 1. The van der Waals surface area contributed by atoms with Gasteiger partial charge in [-0.1, -0.05) is 6.07 Å². The minimum absolute atomic E-state index is 0.144. The number of methoxy groups -OCH3 is 2. The topological polar surface area (TPSA) is 173 Å². The SMILES string of the molecule is COc1c(NC(=O)c2ccc(NC(=O)c3ccc(NC(=O)[C@H](CC#N)CC(=O)c4ccc(N)cc4)cc3)c(OC)c2C)ccc(C)c1C. The Morgan fingerprint density at radius 2 is 1.29 bits per heavy atom. The van der Waals surface area contributed by atoms with Crippen molar-refractivity contribution in [2.45, 2.75) is 33.6 Å². The molecule has 0 heterocycles. The summed E-state index contributed by atoms with van der Waals surface area (Å²) in [6.45, 7) is 5.60. The highest BCUT2D eigenvalue weighted by Gasteiger charge is 2.24. The lowest BCUT2D eigenvalue weighted by Gasteiger charge is -2.18. The van der Waals surface area contributed by atoms with Gasteiger partial charge in [-0.25, -0.2) is 0 Å². The number of ether oxygens (including phenoxy) is 2. The van der Waals surface area contributed by atoms with Gasteiger partial charge in [0.1, 0.15) is 11.5 Å². The molecule has 0 aliphatic rings. The number of benzene rings is 4. The van der Waals surface area contributed by atoms with E-state index in [2.05, 4.69) is 16.0 Å². The van der Waals surface area contributed by atoms with Crippen LogP contribution in [0.4, 0.5) is 22.7 Å². The van der Waals surface area contributed by atoms with Gasteiger partial charge in [0.15, 0.2) is 5.78 Å². The maximum atomic E-state index is 13.3. The Morgan fingerprint density at radius 3 is 1.90 bits per heavy atom. The van der Waals surface area contributed by atoms with Crippen LogP contribution in [0.2, 0.25) is 0 Å². The second kappa shape index (κ2) is 15.4. The van der Waals surface area contributed by atoms with Crippen molar-refractivity contribution in [3.63, 3.8) is 0 Å². The van der Waals surface area contributed by atoms with E-state index in [0.29, 0.717) is 56.5 Å². The average Bonchev–Trinajstić information content (AvgIpc) is 3.07. The second-order valence-electron chi connectivity index (χ2n) is 11.2. The summed E-state index contributed by atoms with van der Waals surface area (Å²) in [5, 5.41) is 17.7. The fourth-order valence-corrected chi connectivity index (χ4v) is 5.16. The Morgan fingerprint density at radius 1 is 0.729 bits per heavy atom. The average molecular weight is 648 g/mol. The maximum absolute atomic E-state index is 13.3. The molecule has 3 amide bonds. The van der Waals surface area contributed by atoms with Crippen LogP contribution < -0.4 is 31.2 Å². The number of nitrogens with zero attached hydrogens (tertiary/aromatic N) is 1. The molecule has 246 valence electrons. The van der Waals surface area contributed by atoms with Gasteiger partial charge in [0.05, 0.1) is 37.6 Å². The monoisotopic (exact) mass is 647 g/mol. The quantitative estimate of drug-likeness (QED) is 0.100. The number of carbonyl (C=O) groups excluding carboxylic acids is 4. The highest BCUT2D eigenvalue weighted by molar-refractivity contribution is 6.09. The number of hydrogen-bond acceptors (Lipinski definition) is 8. The molecule has 5 N–H and O–H groups in total. The molecule has 0 radical (unpaired) electrons. The number of amides is 3. The van der Waals surface area contributed by atoms with Gasteiger partial charge >= 0.3 is 0 Å². The first-order valence-electron chi connectivity index (χ1n) is 15.1. The third kappa shape index (κ3) is 7.97. The normalized spacial score (nSPS) is 11.1. The Hall–Kier alpha value is -6.15. The number of ketones is 1. The molecule has 4 rings (SSSR count). The van der Waals surface area contributed by atoms with E-state index in [-0.39, 0.29) is 24.5 Å². The van der Waals surface area contributed by atoms with Crippen molar-refractivity contribution in [2.75, 3.05) is 35.9 Å². The van der Waals surface area contributed by atoms with E-state index in [4.69, 9.17) is 15.2 Å². The van der Waals surface area contributed by atoms with Crippen molar-refractivity contribution in [1.29, 1.82) is 5.26 Å². The summed E-state index contributed by atoms with van der Waals surface area (Å²) < 4.78 is 11.1. The molecule has 0 aliphatic carbocycles. The summed E-state index contributed by atoms with van der Waals surface area (Å²) in [7, 11) is 3.00. The maximum Gasteiger partial charge on any atom is 0.256 e. The molecule has 0 bridgehead atoms. The zero-order valence-corrected chi connectivity index (χ0v) is 27.4. The van der Waals surface area contributed by atoms with Crippen LogP contribution in [0.25, 0.3) is 0 Å². The lowest BCUT2D eigenvalue weighted by molar-refractivity contribution is -0.119. The fourth-order valence-electron chi connectivity index (χ4n) is 5.16. The van der Waals surface area contributed by atoms with Gasteiger partial charge in [-0.15, -0.1) is 0 Å². The summed E-state index contributed by atoms with van der Waals surface area (Å²) in [4.78, 5) is 52.1. The third-order valence-electron chi connectivity index (χ3n) is 8.02. The largest absolute Gasteiger partial charge is 0.494 e. The summed E-state index contributed by atoms with van der Waals surface area (Å²) >= 11 is 0. The molecule has 4 aromatic rings. The van der Waals surface area contributed by atoms with E-state index < -0.39 is 17.7 Å². The predicted octanol–water partition coefficient (Wildman–Crippen LogP) is 6.46. The van der Waals surface area contributed by atoms with Gasteiger partial charge < -0.3 is 31.2 Å². The van der Waals surface area contributed by atoms with Crippen LogP contribution in [0.15, 0.2) is 72.8 Å². The van der Waals surface area contributed by atoms with Crippen molar-refractivity contribution in [2.24, 2.45) is 5.92 Å². The first-order chi connectivity index (χ1) is 23.0. The number of hydrogen-bond donors (Lipinski definition) is 4. The van der Waals surface area contributed by atoms with Gasteiger partial charge in [0, 0.05) is 46.5 Å². The molecule has 0 aromatic heterocycles. The van der Waals surface area contributed by atoms with Gasteiger partial charge in [0.25, 0.3) is 11.8 Å². The number of nitrogens with one attached hydrogen (secondary N) is 3. The van der Waals surface area contributed by atoms with E-state index in [9.17, 15) is 24.4 Å². The lowest BCUT2D eigenvalue weighted by atomic mass is 9.95. The molecule has 0 spiro atoms.